The smallest absolute Gasteiger partial charge is 0.174 e. The van der Waals surface area contributed by atoms with E-state index in [2.05, 4.69) is 27.3 Å². The maximum absolute atomic E-state index is 5.34. The molecule has 2 rings (SSSR count). The summed E-state index contributed by atoms with van der Waals surface area (Å²) in [5.74, 6) is 0. The van der Waals surface area contributed by atoms with Crippen LogP contribution >= 0.6 is 15.9 Å². The Morgan fingerprint density at radius 2 is 2.12 bits per heavy atom. The lowest BCUT2D eigenvalue weighted by molar-refractivity contribution is 0.523. The van der Waals surface area contributed by atoms with Crippen molar-refractivity contribution < 1.29 is 4.42 Å². The van der Waals surface area contributed by atoms with Crippen molar-refractivity contribution in [1.29, 1.82) is 0 Å². The van der Waals surface area contributed by atoms with E-state index < -0.39 is 0 Å². The van der Waals surface area contributed by atoms with E-state index in [1.54, 1.807) is 6.26 Å². The Kier molecular flexibility index (Phi) is 4.86. The first-order valence-electron chi connectivity index (χ1n) is 6.42. The van der Waals surface area contributed by atoms with Gasteiger partial charge in [0.2, 0.25) is 0 Å². The fourth-order valence-electron chi connectivity index (χ4n) is 2.53. The van der Waals surface area contributed by atoms with E-state index in [1.165, 1.54) is 49.7 Å². The summed E-state index contributed by atoms with van der Waals surface area (Å²) in [5.41, 5.74) is 2.72. The summed E-state index contributed by atoms with van der Waals surface area (Å²) in [7, 11) is 2.02. The minimum atomic E-state index is 0.293. The van der Waals surface area contributed by atoms with Crippen LogP contribution in [0.25, 0.3) is 0 Å². The molecule has 1 aliphatic carbocycles. The standard InChI is InChI=1S/C14H20BrNO/c1-16-13(12-9-10-17-14(12)15)11-7-5-3-2-4-6-8-11/h7,9-10,13,16H,2-6,8H2,1H3/b11-7+. The van der Waals surface area contributed by atoms with Crippen LogP contribution in [0.1, 0.15) is 50.1 Å². The van der Waals surface area contributed by atoms with E-state index in [4.69, 9.17) is 4.42 Å². The van der Waals surface area contributed by atoms with E-state index in [-0.39, 0.29) is 0 Å². The van der Waals surface area contributed by atoms with Crippen LogP contribution in [0.5, 0.6) is 0 Å². The molecule has 1 aliphatic rings. The number of halogens is 1. The van der Waals surface area contributed by atoms with Crippen molar-refractivity contribution in [3.05, 3.63) is 34.2 Å². The van der Waals surface area contributed by atoms with Gasteiger partial charge in [0.1, 0.15) is 0 Å². The Balaban J connectivity index is 2.19. The van der Waals surface area contributed by atoms with Crippen molar-refractivity contribution >= 4 is 15.9 Å². The number of hydrogen-bond acceptors (Lipinski definition) is 2. The minimum absolute atomic E-state index is 0.293. The highest BCUT2D eigenvalue weighted by Gasteiger charge is 2.19. The number of hydrogen-bond donors (Lipinski definition) is 1. The van der Waals surface area contributed by atoms with Crippen LogP contribution in [-0.2, 0) is 0 Å². The molecule has 0 fully saturated rings. The van der Waals surface area contributed by atoms with Crippen molar-refractivity contribution in [2.24, 2.45) is 0 Å². The molecule has 17 heavy (non-hydrogen) atoms. The topological polar surface area (TPSA) is 25.2 Å². The van der Waals surface area contributed by atoms with Crippen molar-refractivity contribution in [1.82, 2.24) is 5.32 Å². The summed E-state index contributed by atoms with van der Waals surface area (Å²) in [6, 6.07) is 2.34. The molecule has 0 saturated carbocycles. The molecule has 1 heterocycles. The molecule has 0 spiro atoms. The van der Waals surface area contributed by atoms with Crippen LogP contribution < -0.4 is 5.32 Å². The lowest BCUT2D eigenvalue weighted by Gasteiger charge is -2.21. The first kappa shape index (κ1) is 12.9. The van der Waals surface area contributed by atoms with Crippen molar-refractivity contribution in [3.63, 3.8) is 0 Å². The monoisotopic (exact) mass is 297 g/mol. The van der Waals surface area contributed by atoms with Crippen LogP contribution in [0.2, 0.25) is 0 Å². The number of likely N-dealkylation sites (N-methyl/N-ethyl adjacent to an activating group) is 1. The predicted octanol–water partition coefficient (Wildman–Crippen LogP) is 4.58. The zero-order valence-electron chi connectivity index (χ0n) is 10.3. The van der Waals surface area contributed by atoms with Gasteiger partial charge in [-0.1, -0.05) is 24.5 Å². The van der Waals surface area contributed by atoms with Gasteiger partial charge in [-0.3, -0.25) is 0 Å². The fraction of sp³-hybridized carbons (Fsp3) is 0.571. The van der Waals surface area contributed by atoms with Crippen LogP contribution in [-0.4, -0.2) is 7.05 Å². The third-order valence-electron chi connectivity index (χ3n) is 3.44. The first-order valence-corrected chi connectivity index (χ1v) is 7.21. The summed E-state index contributed by atoms with van der Waals surface area (Å²) in [6.45, 7) is 0. The van der Waals surface area contributed by atoms with Gasteiger partial charge < -0.3 is 9.73 Å². The zero-order valence-corrected chi connectivity index (χ0v) is 11.9. The van der Waals surface area contributed by atoms with Crippen LogP contribution in [0.4, 0.5) is 0 Å². The van der Waals surface area contributed by atoms with E-state index in [0.717, 1.165) is 4.67 Å². The molecule has 3 heteroatoms. The molecule has 0 amide bonds. The predicted molar refractivity (Wildman–Crippen MR) is 74.0 cm³/mol. The molecule has 94 valence electrons. The maximum Gasteiger partial charge on any atom is 0.174 e. The highest BCUT2D eigenvalue weighted by atomic mass is 79.9. The Morgan fingerprint density at radius 1 is 1.29 bits per heavy atom. The normalized spacial score (nSPS) is 22.4. The molecule has 1 aromatic heterocycles. The second kappa shape index (κ2) is 6.41. The molecule has 0 aliphatic heterocycles. The largest absolute Gasteiger partial charge is 0.457 e. The van der Waals surface area contributed by atoms with Gasteiger partial charge in [0, 0.05) is 5.56 Å². The lowest BCUT2D eigenvalue weighted by atomic mass is 9.92. The summed E-state index contributed by atoms with van der Waals surface area (Å²) in [6.07, 6.45) is 11.9. The van der Waals surface area contributed by atoms with Crippen LogP contribution in [0.3, 0.4) is 0 Å². The van der Waals surface area contributed by atoms with Gasteiger partial charge in [0.05, 0.1) is 12.3 Å². The summed E-state index contributed by atoms with van der Waals surface area (Å²) < 4.78 is 6.19. The van der Waals surface area contributed by atoms with Gasteiger partial charge in [-0.2, -0.15) is 0 Å². The van der Waals surface area contributed by atoms with Gasteiger partial charge in [-0.05, 0) is 54.7 Å². The Hall–Kier alpha value is -0.540. The SMILES string of the molecule is CNC(/C1=C/CCCCCC1)c1ccoc1Br. The second-order valence-corrected chi connectivity index (χ2v) is 5.32. The van der Waals surface area contributed by atoms with Crippen LogP contribution in [0, 0.1) is 0 Å². The molecule has 1 atom stereocenters. The maximum atomic E-state index is 5.34. The molecular weight excluding hydrogens is 278 g/mol. The molecule has 0 bridgehead atoms. The quantitative estimate of drug-likeness (QED) is 0.826. The molecule has 0 radical (unpaired) electrons. The molecule has 2 nitrogen and oxygen atoms in total. The highest BCUT2D eigenvalue weighted by molar-refractivity contribution is 9.10. The van der Waals surface area contributed by atoms with Crippen molar-refractivity contribution in [2.75, 3.05) is 7.05 Å². The Morgan fingerprint density at radius 3 is 2.82 bits per heavy atom. The van der Waals surface area contributed by atoms with Gasteiger partial charge in [-0.15, -0.1) is 0 Å². The van der Waals surface area contributed by atoms with E-state index in [0.29, 0.717) is 6.04 Å². The third kappa shape index (κ3) is 3.23. The fourth-order valence-corrected chi connectivity index (χ4v) is 3.00. The molecule has 1 unspecified atom stereocenters. The summed E-state index contributed by atoms with van der Waals surface area (Å²) in [4.78, 5) is 0. The zero-order chi connectivity index (χ0) is 12.1. The third-order valence-corrected chi connectivity index (χ3v) is 4.09. The van der Waals surface area contributed by atoms with E-state index >= 15 is 0 Å². The summed E-state index contributed by atoms with van der Waals surface area (Å²) >= 11 is 3.48. The molecule has 1 aromatic rings. The number of furan rings is 1. The lowest BCUT2D eigenvalue weighted by Crippen LogP contribution is -2.19. The van der Waals surface area contributed by atoms with E-state index in [1.807, 2.05) is 13.1 Å². The second-order valence-electron chi connectivity index (χ2n) is 4.60. The van der Waals surface area contributed by atoms with E-state index in [9.17, 15) is 0 Å². The summed E-state index contributed by atoms with van der Waals surface area (Å²) in [5, 5.41) is 3.40. The average Bonchev–Trinajstić information content (AvgIpc) is 2.69. The molecule has 0 aromatic carbocycles. The van der Waals surface area contributed by atoms with Gasteiger partial charge >= 0.3 is 0 Å². The van der Waals surface area contributed by atoms with Gasteiger partial charge in [-0.25, -0.2) is 0 Å². The Bertz CT molecular complexity index is 383. The van der Waals surface area contributed by atoms with Crippen LogP contribution in [0.15, 0.2) is 33.1 Å². The average molecular weight is 298 g/mol. The van der Waals surface area contributed by atoms with Crippen molar-refractivity contribution in [3.8, 4) is 0 Å². The number of rotatable bonds is 3. The molecule has 0 saturated heterocycles. The van der Waals surface area contributed by atoms with Crippen molar-refractivity contribution in [2.45, 2.75) is 44.6 Å². The van der Waals surface area contributed by atoms with Gasteiger partial charge in [0.15, 0.2) is 4.67 Å². The van der Waals surface area contributed by atoms with Gasteiger partial charge in [0.25, 0.3) is 0 Å². The first-order chi connectivity index (χ1) is 8.33. The minimum Gasteiger partial charge on any atom is -0.457 e. The highest BCUT2D eigenvalue weighted by Crippen LogP contribution is 2.33. The molecule has 1 N–H and O–H groups in total. The number of allylic oxidation sites excluding steroid dienone is 1. The molecular formula is C14H20BrNO. The number of nitrogens with one attached hydrogen (secondary N) is 1. The Labute approximate surface area is 112 Å².